The van der Waals surface area contributed by atoms with Crippen LogP contribution in [-0.2, 0) is 6.42 Å². The molecular weight excluding hydrogens is 312 g/mol. The third kappa shape index (κ3) is 6.03. The number of fused-ring (bicyclic) bond motifs is 1. The summed E-state index contributed by atoms with van der Waals surface area (Å²) < 4.78 is 2.05. The number of aromatic nitrogens is 3. The summed E-state index contributed by atoms with van der Waals surface area (Å²) in [7, 11) is 1.83. The Morgan fingerprint density at radius 3 is 2.84 bits per heavy atom. The minimum Gasteiger partial charge on any atom is -0.356 e. The van der Waals surface area contributed by atoms with Gasteiger partial charge in [0.25, 0.3) is 0 Å². The maximum atomic E-state index is 4.32. The zero-order valence-electron chi connectivity index (χ0n) is 15.8. The Morgan fingerprint density at radius 1 is 1.20 bits per heavy atom. The molecule has 0 aliphatic carbocycles. The van der Waals surface area contributed by atoms with Gasteiger partial charge in [0.2, 0.25) is 0 Å². The molecule has 0 radical (unpaired) electrons. The van der Waals surface area contributed by atoms with E-state index in [0.29, 0.717) is 0 Å². The smallest absolute Gasteiger partial charge is 0.190 e. The second-order valence-electron chi connectivity index (χ2n) is 6.45. The average Bonchev–Trinajstić information content (AvgIpc) is 3.06. The first-order chi connectivity index (χ1) is 12.3. The maximum Gasteiger partial charge on any atom is 0.190 e. The van der Waals surface area contributed by atoms with Gasteiger partial charge in [0.05, 0.1) is 0 Å². The number of hydrogen-bond donors (Lipinski definition) is 2. The lowest BCUT2D eigenvalue weighted by Crippen LogP contribution is -2.40. The van der Waals surface area contributed by atoms with Crippen LogP contribution in [0.2, 0.25) is 0 Å². The van der Waals surface area contributed by atoms with Gasteiger partial charge in [-0.05, 0) is 30.9 Å². The van der Waals surface area contributed by atoms with Crippen molar-refractivity contribution < 1.29 is 0 Å². The zero-order valence-corrected chi connectivity index (χ0v) is 15.8. The lowest BCUT2D eigenvalue weighted by Gasteiger charge is -2.18. The minimum absolute atomic E-state index is 0.723. The van der Waals surface area contributed by atoms with Crippen LogP contribution in [0, 0.1) is 5.92 Å². The summed E-state index contributed by atoms with van der Waals surface area (Å²) >= 11 is 0. The summed E-state index contributed by atoms with van der Waals surface area (Å²) in [6.07, 6.45) is 8.96. The molecular formula is C19H32N6. The maximum absolute atomic E-state index is 4.32. The van der Waals surface area contributed by atoms with Crippen molar-refractivity contribution in [2.45, 2.75) is 52.4 Å². The first kappa shape index (κ1) is 19.2. The Morgan fingerprint density at radius 2 is 2.08 bits per heavy atom. The molecule has 0 saturated heterocycles. The molecule has 2 N–H and O–H groups in total. The highest BCUT2D eigenvalue weighted by atomic mass is 15.2. The van der Waals surface area contributed by atoms with Gasteiger partial charge >= 0.3 is 0 Å². The van der Waals surface area contributed by atoms with Crippen LogP contribution in [0.4, 0.5) is 0 Å². The highest BCUT2D eigenvalue weighted by molar-refractivity contribution is 5.79. The van der Waals surface area contributed by atoms with Gasteiger partial charge in [0.1, 0.15) is 5.82 Å². The van der Waals surface area contributed by atoms with Crippen molar-refractivity contribution in [3.8, 4) is 0 Å². The van der Waals surface area contributed by atoms with Crippen LogP contribution in [0.1, 0.15) is 51.8 Å². The number of aryl methyl sites for hydroxylation is 1. The molecule has 0 bridgehead atoms. The van der Waals surface area contributed by atoms with Crippen molar-refractivity contribution in [1.29, 1.82) is 0 Å². The van der Waals surface area contributed by atoms with Crippen molar-refractivity contribution in [2.24, 2.45) is 10.9 Å². The molecule has 25 heavy (non-hydrogen) atoms. The average molecular weight is 345 g/mol. The second kappa shape index (κ2) is 10.7. The van der Waals surface area contributed by atoms with Crippen molar-refractivity contribution in [2.75, 3.05) is 20.1 Å². The monoisotopic (exact) mass is 344 g/mol. The van der Waals surface area contributed by atoms with E-state index < -0.39 is 0 Å². The van der Waals surface area contributed by atoms with Crippen LogP contribution in [-0.4, -0.2) is 40.7 Å². The van der Waals surface area contributed by atoms with E-state index in [-0.39, 0.29) is 0 Å². The molecule has 0 fully saturated rings. The quantitative estimate of drug-likeness (QED) is 0.395. The summed E-state index contributed by atoms with van der Waals surface area (Å²) in [5.41, 5.74) is 0.903. The predicted octanol–water partition coefficient (Wildman–Crippen LogP) is 3.04. The number of hydrogen-bond acceptors (Lipinski definition) is 3. The predicted molar refractivity (Wildman–Crippen MR) is 104 cm³/mol. The minimum atomic E-state index is 0.723. The van der Waals surface area contributed by atoms with Crippen LogP contribution >= 0.6 is 0 Å². The van der Waals surface area contributed by atoms with Crippen LogP contribution in [0.3, 0.4) is 0 Å². The fourth-order valence-corrected chi connectivity index (χ4v) is 2.92. The Kier molecular flexibility index (Phi) is 8.22. The lowest BCUT2D eigenvalue weighted by atomic mass is 9.99. The molecule has 138 valence electrons. The first-order valence-corrected chi connectivity index (χ1v) is 9.51. The van der Waals surface area contributed by atoms with Crippen LogP contribution in [0.25, 0.3) is 5.65 Å². The largest absolute Gasteiger partial charge is 0.356 e. The fourth-order valence-electron chi connectivity index (χ4n) is 2.92. The van der Waals surface area contributed by atoms with E-state index in [1.165, 1.54) is 25.7 Å². The van der Waals surface area contributed by atoms with Gasteiger partial charge in [-0.1, -0.05) is 39.2 Å². The highest BCUT2D eigenvalue weighted by Gasteiger charge is 2.07. The Bertz CT molecular complexity index is 648. The third-order valence-corrected chi connectivity index (χ3v) is 4.58. The van der Waals surface area contributed by atoms with E-state index >= 15 is 0 Å². The first-order valence-electron chi connectivity index (χ1n) is 9.51. The summed E-state index contributed by atoms with van der Waals surface area (Å²) in [4.78, 5) is 4.32. The Hall–Kier alpha value is -2.11. The summed E-state index contributed by atoms with van der Waals surface area (Å²) in [6.45, 7) is 6.37. The number of nitrogens with one attached hydrogen (secondary N) is 2. The van der Waals surface area contributed by atoms with E-state index in [4.69, 9.17) is 0 Å². The van der Waals surface area contributed by atoms with E-state index in [9.17, 15) is 0 Å². The lowest BCUT2D eigenvalue weighted by molar-refractivity contribution is 0.443. The number of pyridine rings is 1. The number of aliphatic imine (C=N–C) groups is 1. The summed E-state index contributed by atoms with van der Waals surface area (Å²) in [5, 5.41) is 15.3. The van der Waals surface area contributed by atoms with Crippen LogP contribution in [0.15, 0.2) is 29.4 Å². The van der Waals surface area contributed by atoms with Gasteiger partial charge in [0, 0.05) is 32.8 Å². The van der Waals surface area contributed by atoms with Gasteiger partial charge in [-0.25, -0.2) is 0 Å². The molecule has 0 amide bonds. The number of rotatable bonds is 10. The number of guanidine groups is 1. The number of nitrogens with zero attached hydrogens (tertiary/aromatic N) is 4. The Labute approximate surface area is 151 Å². The van der Waals surface area contributed by atoms with E-state index in [0.717, 1.165) is 49.3 Å². The molecule has 2 rings (SSSR count). The highest BCUT2D eigenvalue weighted by Crippen LogP contribution is 2.11. The van der Waals surface area contributed by atoms with Crippen LogP contribution in [0.5, 0.6) is 0 Å². The van der Waals surface area contributed by atoms with E-state index in [2.05, 4.69) is 39.7 Å². The molecule has 2 aromatic rings. The fraction of sp³-hybridized carbons (Fsp3) is 0.632. The topological polar surface area (TPSA) is 66.6 Å². The standard InChI is InChI=1S/C19H32N6/c1-4-6-10-16(5-2)15-22-19(20-3)21-13-9-12-18-24-23-17-11-7-8-14-25(17)18/h7-8,11,14,16H,4-6,9-10,12-13,15H2,1-3H3,(H2,20,21,22). The zero-order chi connectivity index (χ0) is 17.9. The molecule has 0 aromatic carbocycles. The molecule has 6 heteroatoms. The van der Waals surface area contributed by atoms with Gasteiger partial charge in [-0.15, -0.1) is 10.2 Å². The normalized spacial score (nSPS) is 13.2. The van der Waals surface area contributed by atoms with E-state index in [1.54, 1.807) is 0 Å². The summed E-state index contributed by atoms with van der Waals surface area (Å²) in [6, 6.07) is 5.96. The van der Waals surface area contributed by atoms with Gasteiger partial charge in [-0.2, -0.15) is 0 Å². The third-order valence-electron chi connectivity index (χ3n) is 4.58. The van der Waals surface area contributed by atoms with Crippen molar-refractivity contribution >= 4 is 11.6 Å². The van der Waals surface area contributed by atoms with Gasteiger partial charge in [0.15, 0.2) is 11.6 Å². The van der Waals surface area contributed by atoms with Gasteiger partial charge < -0.3 is 10.6 Å². The Balaban J connectivity index is 1.70. The number of unbranched alkanes of at least 4 members (excludes halogenated alkanes) is 1. The van der Waals surface area contributed by atoms with Crippen molar-refractivity contribution in [3.05, 3.63) is 30.2 Å². The molecule has 0 aliphatic rings. The molecule has 1 unspecified atom stereocenters. The molecule has 1 atom stereocenters. The molecule has 0 aliphatic heterocycles. The molecule has 2 heterocycles. The SMILES string of the molecule is CCCCC(CC)CNC(=NC)NCCCc1nnc2ccccn12. The molecule has 6 nitrogen and oxygen atoms in total. The van der Waals surface area contributed by atoms with Crippen molar-refractivity contribution in [3.63, 3.8) is 0 Å². The van der Waals surface area contributed by atoms with Crippen molar-refractivity contribution in [1.82, 2.24) is 25.2 Å². The second-order valence-corrected chi connectivity index (χ2v) is 6.45. The molecule has 2 aromatic heterocycles. The molecule has 0 spiro atoms. The van der Waals surface area contributed by atoms with Crippen LogP contribution < -0.4 is 10.6 Å². The van der Waals surface area contributed by atoms with Gasteiger partial charge in [-0.3, -0.25) is 9.39 Å². The van der Waals surface area contributed by atoms with E-state index in [1.807, 2.05) is 35.8 Å². The molecule has 0 saturated carbocycles. The summed E-state index contributed by atoms with van der Waals surface area (Å²) in [5.74, 6) is 2.62.